The van der Waals surface area contributed by atoms with Crippen molar-refractivity contribution in [2.75, 3.05) is 5.33 Å². The maximum atomic E-state index is 12.8. The maximum Gasteiger partial charge on any atom is 0.288 e. The van der Waals surface area contributed by atoms with Gasteiger partial charge in [-0.2, -0.15) is 0 Å². The number of alkyl halides is 1. The minimum absolute atomic E-state index is 0.140. The van der Waals surface area contributed by atoms with E-state index in [1.165, 1.54) is 0 Å². The molecule has 1 rings (SSSR count). The zero-order chi connectivity index (χ0) is 11.4. The molecular weight excluding hydrogens is 272 g/mol. The quantitative estimate of drug-likeness (QED) is 0.342. The second kappa shape index (κ2) is 4.84. The van der Waals surface area contributed by atoms with Crippen LogP contribution in [0, 0.1) is 33.6 Å². The van der Waals surface area contributed by atoms with E-state index in [9.17, 15) is 18.9 Å². The average Bonchev–Trinajstić information content (AvgIpc) is 2.19. The summed E-state index contributed by atoms with van der Waals surface area (Å²) in [5.41, 5.74) is -0.680. The molecule has 0 fully saturated rings. The number of halogens is 3. The maximum absolute atomic E-state index is 12.8. The second-order valence-corrected chi connectivity index (χ2v) is 3.04. The highest BCUT2D eigenvalue weighted by molar-refractivity contribution is 9.09. The number of hydrogen-bond acceptors (Lipinski definition) is 2. The standard InChI is InChI=1S/C9H4BrF2NO2/c10-3-1-2-6-4-7(11)8(12)5-9(6)13(14)15/h4-5H,3H2. The summed E-state index contributed by atoms with van der Waals surface area (Å²) in [4.78, 5) is 9.68. The molecule has 0 bridgehead atoms. The lowest BCUT2D eigenvalue weighted by atomic mass is 10.1. The van der Waals surface area contributed by atoms with Gasteiger partial charge >= 0.3 is 0 Å². The first-order chi connectivity index (χ1) is 7.06. The van der Waals surface area contributed by atoms with Crippen LogP contribution < -0.4 is 0 Å². The Hall–Kier alpha value is -1.48. The molecule has 0 aromatic heterocycles. The van der Waals surface area contributed by atoms with E-state index in [1.807, 2.05) is 0 Å². The van der Waals surface area contributed by atoms with Gasteiger partial charge in [-0.15, -0.1) is 0 Å². The molecular formula is C9H4BrF2NO2. The van der Waals surface area contributed by atoms with E-state index < -0.39 is 22.2 Å². The molecule has 15 heavy (non-hydrogen) atoms. The fourth-order valence-corrected chi connectivity index (χ4v) is 1.06. The number of nitro groups is 1. The zero-order valence-corrected chi connectivity index (χ0v) is 8.85. The molecule has 0 amide bonds. The normalized spacial score (nSPS) is 9.27. The zero-order valence-electron chi connectivity index (χ0n) is 7.26. The second-order valence-electron chi connectivity index (χ2n) is 2.48. The van der Waals surface area contributed by atoms with Gasteiger partial charge in [0.1, 0.15) is 5.56 Å². The van der Waals surface area contributed by atoms with Crippen molar-refractivity contribution in [3.63, 3.8) is 0 Å². The van der Waals surface area contributed by atoms with E-state index in [-0.39, 0.29) is 5.56 Å². The van der Waals surface area contributed by atoms with Crippen LogP contribution in [0.4, 0.5) is 14.5 Å². The van der Waals surface area contributed by atoms with Crippen LogP contribution in [0.25, 0.3) is 0 Å². The van der Waals surface area contributed by atoms with E-state index in [1.54, 1.807) is 0 Å². The van der Waals surface area contributed by atoms with Gasteiger partial charge in [0.15, 0.2) is 11.6 Å². The molecule has 0 saturated carbocycles. The number of nitrogens with zero attached hydrogens (tertiary/aromatic N) is 1. The van der Waals surface area contributed by atoms with Gasteiger partial charge in [-0.3, -0.25) is 10.1 Å². The van der Waals surface area contributed by atoms with Gasteiger partial charge in [0, 0.05) is 0 Å². The van der Waals surface area contributed by atoms with Crippen LogP contribution in [0.15, 0.2) is 12.1 Å². The summed E-state index contributed by atoms with van der Waals surface area (Å²) >= 11 is 2.99. The summed E-state index contributed by atoms with van der Waals surface area (Å²) in [6, 6.07) is 1.23. The summed E-state index contributed by atoms with van der Waals surface area (Å²) in [6.07, 6.45) is 0. The Morgan fingerprint density at radius 3 is 2.53 bits per heavy atom. The number of benzene rings is 1. The van der Waals surface area contributed by atoms with Crippen molar-refractivity contribution in [3.8, 4) is 11.8 Å². The van der Waals surface area contributed by atoms with Gasteiger partial charge in [0.05, 0.1) is 16.3 Å². The highest BCUT2D eigenvalue weighted by Crippen LogP contribution is 2.21. The molecule has 1 aromatic carbocycles. The molecule has 0 radical (unpaired) electrons. The van der Waals surface area contributed by atoms with Crippen LogP contribution in [0.3, 0.4) is 0 Å². The first-order valence-corrected chi connectivity index (χ1v) is 4.86. The van der Waals surface area contributed by atoms with Crippen molar-refractivity contribution in [2.24, 2.45) is 0 Å². The van der Waals surface area contributed by atoms with Gasteiger partial charge < -0.3 is 0 Å². The average molecular weight is 276 g/mol. The number of hydrogen-bond donors (Lipinski definition) is 0. The van der Waals surface area contributed by atoms with Crippen molar-refractivity contribution in [1.82, 2.24) is 0 Å². The molecule has 0 saturated heterocycles. The molecule has 0 aliphatic heterocycles. The third kappa shape index (κ3) is 2.73. The van der Waals surface area contributed by atoms with Crippen molar-refractivity contribution < 1.29 is 13.7 Å². The van der Waals surface area contributed by atoms with Gasteiger partial charge in [-0.1, -0.05) is 27.8 Å². The van der Waals surface area contributed by atoms with Crippen molar-refractivity contribution in [2.45, 2.75) is 0 Å². The molecule has 6 heteroatoms. The smallest absolute Gasteiger partial charge is 0.258 e. The molecule has 0 aliphatic rings. The summed E-state index contributed by atoms with van der Waals surface area (Å²) in [7, 11) is 0. The molecule has 3 nitrogen and oxygen atoms in total. The van der Waals surface area contributed by atoms with Crippen LogP contribution in [0.1, 0.15) is 5.56 Å². The molecule has 78 valence electrons. The Bertz CT molecular complexity index is 465. The first-order valence-electron chi connectivity index (χ1n) is 3.74. The SMILES string of the molecule is O=[N+]([O-])c1cc(F)c(F)cc1C#CCBr. The third-order valence-corrected chi connectivity index (χ3v) is 1.81. The van der Waals surface area contributed by atoms with Crippen molar-refractivity contribution >= 4 is 21.6 Å². The molecule has 0 unspecified atom stereocenters. The molecule has 0 atom stereocenters. The fourth-order valence-electron chi connectivity index (χ4n) is 0.916. The van der Waals surface area contributed by atoms with E-state index in [2.05, 4.69) is 27.8 Å². The monoisotopic (exact) mass is 275 g/mol. The molecule has 0 spiro atoms. The van der Waals surface area contributed by atoms with E-state index in [0.717, 1.165) is 0 Å². The van der Waals surface area contributed by atoms with Crippen molar-refractivity contribution in [1.29, 1.82) is 0 Å². The Morgan fingerprint density at radius 2 is 2.00 bits per heavy atom. The summed E-state index contributed by atoms with van der Waals surface area (Å²) in [6.45, 7) is 0. The van der Waals surface area contributed by atoms with Crippen LogP contribution >= 0.6 is 15.9 Å². The Kier molecular flexibility index (Phi) is 3.74. The van der Waals surface area contributed by atoms with Gasteiger partial charge in [-0.05, 0) is 6.07 Å². The Balaban J connectivity index is 3.34. The van der Waals surface area contributed by atoms with Gasteiger partial charge in [0.2, 0.25) is 0 Å². The highest BCUT2D eigenvalue weighted by Gasteiger charge is 2.16. The number of nitro benzene ring substituents is 1. The fraction of sp³-hybridized carbons (Fsp3) is 0.111. The predicted octanol–water partition coefficient (Wildman–Crippen LogP) is 2.62. The van der Waals surface area contributed by atoms with E-state index >= 15 is 0 Å². The lowest BCUT2D eigenvalue weighted by Gasteiger charge is -1.97. The van der Waals surface area contributed by atoms with Gasteiger partial charge in [-0.25, -0.2) is 8.78 Å². The third-order valence-electron chi connectivity index (χ3n) is 1.53. The topological polar surface area (TPSA) is 43.1 Å². The van der Waals surface area contributed by atoms with Crippen LogP contribution in [0.2, 0.25) is 0 Å². The lowest BCUT2D eigenvalue weighted by Crippen LogP contribution is -1.96. The molecule has 0 N–H and O–H groups in total. The van der Waals surface area contributed by atoms with E-state index in [4.69, 9.17) is 0 Å². The molecule has 0 heterocycles. The summed E-state index contributed by atoms with van der Waals surface area (Å²) in [5, 5.41) is 10.8. The summed E-state index contributed by atoms with van der Waals surface area (Å²) in [5.74, 6) is 2.44. The predicted molar refractivity (Wildman–Crippen MR) is 53.7 cm³/mol. The number of rotatable bonds is 1. The molecule has 0 aliphatic carbocycles. The van der Waals surface area contributed by atoms with Crippen molar-refractivity contribution in [3.05, 3.63) is 39.4 Å². The van der Waals surface area contributed by atoms with E-state index in [0.29, 0.717) is 17.5 Å². The van der Waals surface area contributed by atoms with Gasteiger partial charge in [0.25, 0.3) is 5.69 Å². The first kappa shape index (κ1) is 11.6. The minimum atomic E-state index is -1.26. The Morgan fingerprint density at radius 1 is 1.40 bits per heavy atom. The van der Waals surface area contributed by atoms with Crippen LogP contribution in [0.5, 0.6) is 0 Å². The largest absolute Gasteiger partial charge is 0.288 e. The van der Waals surface area contributed by atoms with Crippen LogP contribution in [-0.2, 0) is 0 Å². The Labute approximate surface area is 92.4 Å². The van der Waals surface area contributed by atoms with Crippen LogP contribution in [-0.4, -0.2) is 10.3 Å². The lowest BCUT2D eigenvalue weighted by molar-refractivity contribution is -0.385. The summed E-state index contributed by atoms with van der Waals surface area (Å²) < 4.78 is 25.5. The molecule has 1 aromatic rings. The minimum Gasteiger partial charge on any atom is -0.258 e. The highest BCUT2D eigenvalue weighted by atomic mass is 79.9.